The summed E-state index contributed by atoms with van der Waals surface area (Å²) in [4.78, 5) is 21.6. The van der Waals surface area contributed by atoms with Crippen LogP contribution in [0.15, 0.2) is 0 Å². The van der Waals surface area contributed by atoms with Gasteiger partial charge in [-0.1, -0.05) is 19.3 Å². The smallest absolute Gasteiger partial charge is 0.317 e. The standard InChI is InChI=1S/C10H18N2O3/c11-10(15)9(12-6-8(13)14)7-4-2-1-3-5-7/h7,9,12H,1-6H2,(H2,11,15)(H,13,14). The summed E-state index contributed by atoms with van der Waals surface area (Å²) in [6.07, 6.45) is 5.31. The van der Waals surface area contributed by atoms with E-state index < -0.39 is 17.9 Å². The lowest BCUT2D eigenvalue weighted by molar-refractivity contribution is -0.136. The molecular formula is C10H18N2O3. The summed E-state index contributed by atoms with van der Waals surface area (Å²) in [7, 11) is 0. The number of carboxylic acids is 1. The second kappa shape index (κ2) is 5.70. The van der Waals surface area contributed by atoms with E-state index in [-0.39, 0.29) is 12.5 Å². The van der Waals surface area contributed by atoms with Crippen LogP contribution in [0.5, 0.6) is 0 Å². The van der Waals surface area contributed by atoms with Gasteiger partial charge in [-0.05, 0) is 18.8 Å². The van der Waals surface area contributed by atoms with Crippen LogP contribution in [0.1, 0.15) is 32.1 Å². The SMILES string of the molecule is NC(=O)C(NCC(=O)O)C1CCCCC1. The first-order chi connectivity index (χ1) is 7.11. The molecule has 0 aromatic rings. The summed E-state index contributed by atoms with van der Waals surface area (Å²) in [6.45, 7) is -0.204. The van der Waals surface area contributed by atoms with Gasteiger partial charge in [0.05, 0.1) is 12.6 Å². The average Bonchev–Trinajstić information content (AvgIpc) is 2.18. The Labute approximate surface area is 89.0 Å². The Balaban J connectivity index is 2.48. The lowest BCUT2D eigenvalue weighted by Gasteiger charge is -2.28. The monoisotopic (exact) mass is 214 g/mol. The lowest BCUT2D eigenvalue weighted by Crippen LogP contribution is -2.48. The second-order valence-electron chi connectivity index (χ2n) is 4.05. The number of primary amides is 1. The number of carbonyl (C=O) groups is 2. The highest BCUT2D eigenvalue weighted by atomic mass is 16.4. The summed E-state index contributed by atoms with van der Waals surface area (Å²) in [5, 5.41) is 11.2. The van der Waals surface area contributed by atoms with Crippen LogP contribution in [-0.4, -0.2) is 29.6 Å². The highest BCUT2D eigenvalue weighted by Crippen LogP contribution is 2.26. The van der Waals surface area contributed by atoms with Crippen molar-refractivity contribution < 1.29 is 14.7 Å². The zero-order chi connectivity index (χ0) is 11.3. The zero-order valence-corrected chi connectivity index (χ0v) is 8.74. The third kappa shape index (κ3) is 3.87. The number of rotatable bonds is 5. The molecule has 0 saturated heterocycles. The van der Waals surface area contributed by atoms with Crippen LogP contribution in [0.4, 0.5) is 0 Å². The van der Waals surface area contributed by atoms with Gasteiger partial charge in [0, 0.05) is 0 Å². The first kappa shape index (κ1) is 12.0. The Kier molecular flexibility index (Phi) is 4.55. The van der Waals surface area contributed by atoms with Gasteiger partial charge >= 0.3 is 5.97 Å². The number of hydrogen-bond acceptors (Lipinski definition) is 3. The molecule has 0 aromatic heterocycles. The Morgan fingerprint density at radius 1 is 1.33 bits per heavy atom. The molecule has 5 nitrogen and oxygen atoms in total. The molecule has 0 spiro atoms. The molecule has 1 aliphatic carbocycles. The number of carbonyl (C=O) groups excluding carboxylic acids is 1. The Morgan fingerprint density at radius 3 is 2.40 bits per heavy atom. The van der Waals surface area contributed by atoms with Gasteiger partial charge in [0.1, 0.15) is 0 Å². The summed E-state index contributed by atoms with van der Waals surface area (Å²) < 4.78 is 0. The van der Waals surface area contributed by atoms with Crippen LogP contribution < -0.4 is 11.1 Å². The van der Waals surface area contributed by atoms with E-state index in [1.807, 2.05) is 0 Å². The van der Waals surface area contributed by atoms with Gasteiger partial charge in [0.25, 0.3) is 0 Å². The van der Waals surface area contributed by atoms with Crippen molar-refractivity contribution in [1.29, 1.82) is 0 Å². The minimum Gasteiger partial charge on any atom is -0.480 e. The molecule has 4 N–H and O–H groups in total. The molecule has 1 aliphatic rings. The minimum atomic E-state index is -0.961. The molecule has 0 aliphatic heterocycles. The number of nitrogens with two attached hydrogens (primary N) is 1. The molecule has 1 unspecified atom stereocenters. The van der Waals surface area contributed by atoms with Crippen molar-refractivity contribution in [3.05, 3.63) is 0 Å². The van der Waals surface area contributed by atoms with Crippen LogP contribution in [0.2, 0.25) is 0 Å². The van der Waals surface area contributed by atoms with E-state index in [4.69, 9.17) is 10.8 Å². The van der Waals surface area contributed by atoms with Crippen LogP contribution in [0.3, 0.4) is 0 Å². The number of aliphatic carboxylic acids is 1. The largest absolute Gasteiger partial charge is 0.480 e. The fourth-order valence-electron chi connectivity index (χ4n) is 2.16. The van der Waals surface area contributed by atoms with Crippen LogP contribution in [0, 0.1) is 5.92 Å². The van der Waals surface area contributed by atoms with Crippen molar-refractivity contribution in [3.8, 4) is 0 Å². The molecule has 1 atom stereocenters. The average molecular weight is 214 g/mol. The number of nitrogens with one attached hydrogen (secondary N) is 1. The van der Waals surface area contributed by atoms with Crippen molar-refractivity contribution in [1.82, 2.24) is 5.32 Å². The number of hydrogen-bond donors (Lipinski definition) is 3. The minimum absolute atomic E-state index is 0.204. The third-order valence-corrected chi connectivity index (χ3v) is 2.90. The predicted octanol–water partition coefficient (Wildman–Crippen LogP) is 0.0948. The Morgan fingerprint density at radius 2 is 1.93 bits per heavy atom. The van der Waals surface area contributed by atoms with E-state index in [0.29, 0.717) is 0 Å². The first-order valence-corrected chi connectivity index (χ1v) is 5.35. The number of carboxylic acid groups (broad SMARTS) is 1. The highest BCUT2D eigenvalue weighted by Gasteiger charge is 2.27. The maximum atomic E-state index is 11.2. The molecule has 86 valence electrons. The van der Waals surface area contributed by atoms with E-state index in [1.54, 1.807) is 0 Å². The van der Waals surface area contributed by atoms with Crippen molar-refractivity contribution in [3.63, 3.8) is 0 Å². The van der Waals surface area contributed by atoms with Crippen LogP contribution in [0.25, 0.3) is 0 Å². The molecule has 15 heavy (non-hydrogen) atoms. The Hall–Kier alpha value is -1.10. The summed E-state index contributed by atoms with van der Waals surface area (Å²) in [6, 6.07) is -0.485. The maximum absolute atomic E-state index is 11.2. The van der Waals surface area contributed by atoms with Crippen molar-refractivity contribution in [2.75, 3.05) is 6.54 Å². The molecule has 1 saturated carbocycles. The molecule has 0 aromatic carbocycles. The van der Waals surface area contributed by atoms with Gasteiger partial charge in [-0.2, -0.15) is 0 Å². The zero-order valence-electron chi connectivity index (χ0n) is 8.74. The molecule has 0 bridgehead atoms. The van der Waals surface area contributed by atoms with Crippen molar-refractivity contribution in [2.45, 2.75) is 38.1 Å². The molecule has 1 rings (SSSR count). The van der Waals surface area contributed by atoms with Gasteiger partial charge < -0.3 is 10.8 Å². The van der Waals surface area contributed by atoms with Gasteiger partial charge in [0.2, 0.25) is 5.91 Å². The lowest BCUT2D eigenvalue weighted by atomic mass is 9.83. The topological polar surface area (TPSA) is 92.4 Å². The van der Waals surface area contributed by atoms with Crippen molar-refractivity contribution >= 4 is 11.9 Å². The molecule has 0 radical (unpaired) electrons. The Bertz CT molecular complexity index is 237. The van der Waals surface area contributed by atoms with Gasteiger partial charge in [-0.3, -0.25) is 14.9 Å². The first-order valence-electron chi connectivity index (χ1n) is 5.35. The summed E-state index contributed by atoms with van der Waals surface area (Å²) >= 11 is 0. The van der Waals surface area contributed by atoms with Crippen LogP contribution in [-0.2, 0) is 9.59 Å². The summed E-state index contributed by atoms with van der Waals surface area (Å²) in [5.41, 5.74) is 5.26. The quantitative estimate of drug-likeness (QED) is 0.605. The second-order valence-corrected chi connectivity index (χ2v) is 4.05. The fourth-order valence-corrected chi connectivity index (χ4v) is 2.16. The number of amides is 1. The van der Waals surface area contributed by atoms with Crippen LogP contribution >= 0.6 is 0 Å². The van der Waals surface area contributed by atoms with E-state index in [0.717, 1.165) is 25.7 Å². The maximum Gasteiger partial charge on any atom is 0.317 e. The highest BCUT2D eigenvalue weighted by molar-refractivity contribution is 5.81. The van der Waals surface area contributed by atoms with Gasteiger partial charge in [0.15, 0.2) is 0 Å². The van der Waals surface area contributed by atoms with Gasteiger partial charge in [-0.25, -0.2) is 0 Å². The molecule has 0 heterocycles. The van der Waals surface area contributed by atoms with Crippen molar-refractivity contribution in [2.24, 2.45) is 11.7 Å². The van der Waals surface area contributed by atoms with E-state index in [9.17, 15) is 9.59 Å². The fraction of sp³-hybridized carbons (Fsp3) is 0.800. The third-order valence-electron chi connectivity index (χ3n) is 2.90. The molecular weight excluding hydrogens is 196 g/mol. The van der Waals surface area contributed by atoms with E-state index in [1.165, 1.54) is 6.42 Å². The molecule has 1 fully saturated rings. The molecule has 1 amide bonds. The predicted molar refractivity (Wildman–Crippen MR) is 55.2 cm³/mol. The normalized spacial score (nSPS) is 19.7. The van der Waals surface area contributed by atoms with E-state index in [2.05, 4.69) is 5.32 Å². The van der Waals surface area contributed by atoms with Gasteiger partial charge in [-0.15, -0.1) is 0 Å². The molecule has 5 heteroatoms. The summed E-state index contributed by atoms with van der Waals surface area (Å²) in [5.74, 6) is -1.20. The van der Waals surface area contributed by atoms with E-state index >= 15 is 0 Å².